The summed E-state index contributed by atoms with van der Waals surface area (Å²) in [4.78, 5) is 11.2. The maximum absolute atomic E-state index is 11.2. The van der Waals surface area contributed by atoms with E-state index >= 15 is 0 Å². The molecule has 2 N–H and O–H groups in total. The van der Waals surface area contributed by atoms with Crippen LogP contribution in [-0.2, 0) is 16.1 Å². The molecule has 1 rings (SSSR count). The highest BCUT2D eigenvalue weighted by atomic mass is 16.5. The average molecular weight is 295 g/mol. The number of benzene rings is 1. The van der Waals surface area contributed by atoms with E-state index in [0.29, 0.717) is 31.9 Å². The summed E-state index contributed by atoms with van der Waals surface area (Å²) < 4.78 is 15.9. The Hall–Kier alpha value is -1.75. The fourth-order valence-corrected chi connectivity index (χ4v) is 1.92. The lowest BCUT2D eigenvalue weighted by molar-refractivity contribution is -0.143. The van der Waals surface area contributed by atoms with Crippen molar-refractivity contribution in [1.82, 2.24) is 0 Å². The predicted molar refractivity (Wildman–Crippen MR) is 81.5 cm³/mol. The Kier molecular flexibility index (Phi) is 8.28. The van der Waals surface area contributed by atoms with E-state index in [9.17, 15) is 4.79 Å². The molecule has 1 aromatic rings. The second-order valence-electron chi connectivity index (χ2n) is 4.65. The molecule has 0 atom stereocenters. The minimum absolute atomic E-state index is 0.127. The summed E-state index contributed by atoms with van der Waals surface area (Å²) in [7, 11) is 1.61. The van der Waals surface area contributed by atoms with Gasteiger partial charge in [-0.1, -0.05) is 6.07 Å². The summed E-state index contributed by atoms with van der Waals surface area (Å²) in [6, 6.07) is 5.69. The van der Waals surface area contributed by atoms with Crippen molar-refractivity contribution in [3.05, 3.63) is 23.8 Å². The lowest BCUT2D eigenvalue weighted by Crippen LogP contribution is -2.04. The lowest BCUT2D eigenvalue weighted by Gasteiger charge is -2.11. The number of unbranched alkanes of at least 4 members (excludes halogenated alkanes) is 2. The first-order valence-electron chi connectivity index (χ1n) is 7.36. The first-order chi connectivity index (χ1) is 10.2. The molecule has 0 amide bonds. The number of carbonyl (C=O) groups is 1. The van der Waals surface area contributed by atoms with Gasteiger partial charge in [0.05, 0.1) is 20.3 Å². The molecule has 0 aliphatic rings. The molecular weight excluding hydrogens is 270 g/mol. The van der Waals surface area contributed by atoms with Crippen LogP contribution in [0.3, 0.4) is 0 Å². The average Bonchev–Trinajstić information content (AvgIpc) is 2.51. The zero-order chi connectivity index (χ0) is 15.5. The number of esters is 1. The molecule has 118 valence electrons. The SMILES string of the molecule is CCOC(=O)CCCCCOc1ccc(CN)cc1OC. The summed E-state index contributed by atoms with van der Waals surface area (Å²) in [5, 5.41) is 0. The van der Waals surface area contributed by atoms with Gasteiger partial charge in [0.1, 0.15) is 0 Å². The van der Waals surface area contributed by atoms with Crippen LogP contribution >= 0.6 is 0 Å². The maximum Gasteiger partial charge on any atom is 0.305 e. The van der Waals surface area contributed by atoms with E-state index in [2.05, 4.69) is 0 Å². The van der Waals surface area contributed by atoms with Gasteiger partial charge < -0.3 is 19.9 Å². The fraction of sp³-hybridized carbons (Fsp3) is 0.562. The Morgan fingerprint density at radius 3 is 2.67 bits per heavy atom. The molecular formula is C16H25NO4. The Balaban J connectivity index is 2.25. The molecule has 0 spiro atoms. The van der Waals surface area contributed by atoms with Crippen LogP contribution in [0, 0.1) is 0 Å². The van der Waals surface area contributed by atoms with Crippen LogP contribution in [0.5, 0.6) is 11.5 Å². The number of rotatable bonds is 10. The standard InChI is InChI=1S/C16H25NO4/c1-3-20-16(18)7-5-4-6-10-21-14-9-8-13(12-17)11-15(14)19-2/h8-9,11H,3-7,10,12,17H2,1-2H3. The van der Waals surface area contributed by atoms with E-state index in [4.69, 9.17) is 19.9 Å². The molecule has 0 unspecified atom stereocenters. The van der Waals surface area contributed by atoms with Crippen LogP contribution in [0.1, 0.15) is 38.2 Å². The van der Waals surface area contributed by atoms with Gasteiger partial charge >= 0.3 is 5.97 Å². The number of methoxy groups -OCH3 is 1. The third kappa shape index (κ3) is 6.49. The van der Waals surface area contributed by atoms with Gasteiger partial charge in [-0.25, -0.2) is 0 Å². The quantitative estimate of drug-likeness (QED) is 0.531. The molecule has 0 aliphatic carbocycles. The van der Waals surface area contributed by atoms with Gasteiger partial charge in [-0.3, -0.25) is 4.79 Å². The smallest absolute Gasteiger partial charge is 0.305 e. The van der Waals surface area contributed by atoms with E-state index in [-0.39, 0.29) is 5.97 Å². The summed E-state index contributed by atoms with van der Waals surface area (Å²) in [5.74, 6) is 1.29. The molecule has 5 nitrogen and oxygen atoms in total. The van der Waals surface area contributed by atoms with Crippen molar-refractivity contribution in [3.63, 3.8) is 0 Å². The van der Waals surface area contributed by atoms with E-state index in [0.717, 1.165) is 30.6 Å². The van der Waals surface area contributed by atoms with Crippen LogP contribution in [0.4, 0.5) is 0 Å². The topological polar surface area (TPSA) is 70.8 Å². The molecule has 0 aromatic heterocycles. The van der Waals surface area contributed by atoms with Crippen molar-refractivity contribution in [2.45, 2.75) is 39.2 Å². The van der Waals surface area contributed by atoms with E-state index in [1.165, 1.54) is 0 Å². The van der Waals surface area contributed by atoms with Crippen molar-refractivity contribution in [2.24, 2.45) is 5.73 Å². The number of hydrogen-bond acceptors (Lipinski definition) is 5. The first kappa shape index (κ1) is 17.3. The van der Waals surface area contributed by atoms with Gasteiger partial charge in [-0.2, -0.15) is 0 Å². The molecule has 0 saturated heterocycles. The third-order valence-electron chi connectivity index (χ3n) is 3.05. The zero-order valence-electron chi connectivity index (χ0n) is 12.9. The first-order valence-corrected chi connectivity index (χ1v) is 7.36. The van der Waals surface area contributed by atoms with Gasteiger partial charge in [0.15, 0.2) is 11.5 Å². The molecule has 0 fully saturated rings. The second kappa shape index (κ2) is 10.0. The van der Waals surface area contributed by atoms with Crippen molar-refractivity contribution in [1.29, 1.82) is 0 Å². The zero-order valence-corrected chi connectivity index (χ0v) is 12.9. The number of nitrogens with two attached hydrogens (primary N) is 1. The molecule has 0 heterocycles. The molecule has 0 bridgehead atoms. The van der Waals surface area contributed by atoms with Gasteiger partial charge in [-0.05, 0) is 43.9 Å². The largest absolute Gasteiger partial charge is 0.493 e. The predicted octanol–water partition coefficient (Wildman–Crippen LogP) is 2.66. The van der Waals surface area contributed by atoms with Gasteiger partial charge in [0.2, 0.25) is 0 Å². The highest BCUT2D eigenvalue weighted by Crippen LogP contribution is 2.28. The van der Waals surface area contributed by atoms with Crippen molar-refractivity contribution in [2.75, 3.05) is 20.3 Å². The highest BCUT2D eigenvalue weighted by Gasteiger charge is 2.05. The summed E-state index contributed by atoms with van der Waals surface area (Å²) in [5.41, 5.74) is 6.60. The van der Waals surface area contributed by atoms with E-state index in [1.54, 1.807) is 7.11 Å². The van der Waals surface area contributed by atoms with Gasteiger partial charge in [0.25, 0.3) is 0 Å². The highest BCUT2D eigenvalue weighted by molar-refractivity contribution is 5.69. The number of ether oxygens (including phenoxy) is 3. The van der Waals surface area contributed by atoms with Crippen molar-refractivity contribution >= 4 is 5.97 Å². The summed E-state index contributed by atoms with van der Waals surface area (Å²) >= 11 is 0. The van der Waals surface area contributed by atoms with Gasteiger partial charge in [0, 0.05) is 13.0 Å². The second-order valence-corrected chi connectivity index (χ2v) is 4.65. The van der Waals surface area contributed by atoms with Crippen molar-refractivity contribution < 1.29 is 19.0 Å². The monoisotopic (exact) mass is 295 g/mol. The Morgan fingerprint density at radius 2 is 2.00 bits per heavy atom. The van der Waals surface area contributed by atoms with E-state index < -0.39 is 0 Å². The van der Waals surface area contributed by atoms with Crippen molar-refractivity contribution in [3.8, 4) is 11.5 Å². The van der Waals surface area contributed by atoms with Gasteiger partial charge in [-0.15, -0.1) is 0 Å². The Bertz CT molecular complexity index is 434. The minimum Gasteiger partial charge on any atom is -0.493 e. The van der Waals surface area contributed by atoms with Crippen LogP contribution < -0.4 is 15.2 Å². The molecule has 0 radical (unpaired) electrons. The Morgan fingerprint density at radius 1 is 1.19 bits per heavy atom. The van der Waals surface area contributed by atoms with Crippen LogP contribution in [0.2, 0.25) is 0 Å². The lowest BCUT2D eigenvalue weighted by atomic mass is 10.2. The normalized spacial score (nSPS) is 10.2. The number of hydrogen-bond donors (Lipinski definition) is 1. The Labute approximate surface area is 126 Å². The molecule has 0 saturated carbocycles. The number of carbonyl (C=O) groups excluding carboxylic acids is 1. The van der Waals surface area contributed by atoms with E-state index in [1.807, 2.05) is 25.1 Å². The molecule has 5 heteroatoms. The molecule has 1 aromatic carbocycles. The maximum atomic E-state index is 11.2. The van der Waals surface area contributed by atoms with Crippen LogP contribution in [0.15, 0.2) is 18.2 Å². The van der Waals surface area contributed by atoms with Crippen LogP contribution in [-0.4, -0.2) is 26.3 Å². The fourth-order valence-electron chi connectivity index (χ4n) is 1.92. The molecule has 21 heavy (non-hydrogen) atoms. The minimum atomic E-state index is -0.127. The summed E-state index contributed by atoms with van der Waals surface area (Å²) in [6.45, 7) is 3.33. The third-order valence-corrected chi connectivity index (χ3v) is 3.05. The molecule has 0 aliphatic heterocycles. The van der Waals surface area contributed by atoms with Crippen LogP contribution in [0.25, 0.3) is 0 Å². The summed E-state index contributed by atoms with van der Waals surface area (Å²) in [6.07, 6.45) is 3.12.